The lowest BCUT2D eigenvalue weighted by atomic mass is 10.0. The van der Waals surface area contributed by atoms with E-state index in [-0.39, 0.29) is 24.6 Å². The summed E-state index contributed by atoms with van der Waals surface area (Å²) in [5, 5.41) is 3.56. The maximum atomic E-state index is 12.7. The van der Waals surface area contributed by atoms with E-state index in [0.717, 1.165) is 0 Å². The molecule has 1 fully saturated rings. The minimum Gasteiger partial charge on any atom is -0.454 e. The van der Waals surface area contributed by atoms with Gasteiger partial charge >= 0.3 is 0 Å². The van der Waals surface area contributed by atoms with Gasteiger partial charge < -0.3 is 19.7 Å². The second-order valence-corrected chi connectivity index (χ2v) is 7.05. The quantitative estimate of drug-likeness (QED) is 0.880. The molecule has 2 heterocycles. The summed E-state index contributed by atoms with van der Waals surface area (Å²) in [6, 6.07) is 12.1. The molecule has 0 radical (unpaired) electrons. The molecule has 0 aliphatic carbocycles. The van der Waals surface area contributed by atoms with Crippen LogP contribution in [0.15, 0.2) is 42.5 Å². The highest BCUT2D eigenvalue weighted by Crippen LogP contribution is 2.33. The van der Waals surface area contributed by atoms with E-state index in [1.807, 2.05) is 0 Å². The molecule has 7 heteroatoms. The summed E-state index contributed by atoms with van der Waals surface area (Å²) in [6.07, 6.45) is 1.42. The van der Waals surface area contributed by atoms with Crippen molar-refractivity contribution in [3.8, 4) is 11.5 Å². The lowest BCUT2D eigenvalue weighted by Crippen LogP contribution is -2.46. The fourth-order valence-electron chi connectivity index (χ4n) is 3.34. The molecule has 2 aromatic carbocycles. The van der Waals surface area contributed by atoms with Crippen molar-refractivity contribution in [2.45, 2.75) is 18.9 Å². The summed E-state index contributed by atoms with van der Waals surface area (Å²) in [4.78, 5) is 26.9. The van der Waals surface area contributed by atoms with Crippen molar-refractivity contribution >= 4 is 23.4 Å². The number of hydrogen-bond acceptors (Lipinski definition) is 4. The van der Waals surface area contributed by atoms with Gasteiger partial charge in [-0.2, -0.15) is 0 Å². The average Bonchev–Trinajstić information content (AvgIpc) is 3.16. The van der Waals surface area contributed by atoms with Crippen LogP contribution in [-0.2, 0) is 0 Å². The van der Waals surface area contributed by atoms with E-state index in [1.54, 1.807) is 47.4 Å². The summed E-state index contributed by atoms with van der Waals surface area (Å²) in [7, 11) is 0. The number of rotatable bonds is 3. The molecule has 140 valence electrons. The minimum absolute atomic E-state index is 0.0343. The number of ether oxygens (including phenoxy) is 2. The standard InChI is InChI=1S/C20H19ClN2O4/c21-15-3-1-2-13(10-15)19(24)22-16-6-8-23(9-7-16)20(25)14-4-5-17-18(11-14)27-12-26-17/h1-5,10-11,16H,6-9,12H2,(H,22,24). The third-order valence-electron chi connectivity index (χ3n) is 4.82. The summed E-state index contributed by atoms with van der Waals surface area (Å²) >= 11 is 5.94. The maximum Gasteiger partial charge on any atom is 0.253 e. The molecule has 1 saturated heterocycles. The zero-order chi connectivity index (χ0) is 18.8. The van der Waals surface area contributed by atoms with Crippen LogP contribution in [0.1, 0.15) is 33.6 Å². The number of nitrogens with zero attached hydrogens (tertiary/aromatic N) is 1. The fourth-order valence-corrected chi connectivity index (χ4v) is 3.53. The van der Waals surface area contributed by atoms with Crippen LogP contribution in [0.2, 0.25) is 5.02 Å². The van der Waals surface area contributed by atoms with Crippen LogP contribution in [-0.4, -0.2) is 42.6 Å². The third kappa shape index (κ3) is 3.85. The summed E-state index contributed by atoms with van der Waals surface area (Å²) in [5.41, 5.74) is 1.13. The van der Waals surface area contributed by atoms with Crippen molar-refractivity contribution in [2.24, 2.45) is 0 Å². The van der Waals surface area contributed by atoms with Crippen LogP contribution in [0.3, 0.4) is 0 Å². The molecule has 0 atom stereocenters. The van der Waals surface area contributed by atoms with E-state index in [2.05, 4.69) is 5.32 Å². The molecule has 2 aliphatic rings. The number of piperidine rings is 1. The van der Waals surface area contributed by atoms with Crippen molar-refractivity contribution in [3.05, 3.63) is 58.6 Å². The molecule has 2 amide bonds. The molecule has 6 nitrogen and oxygen atoms in total. The number of carbonyl (C=O) groups is 2. The van der Waals surface area contributed by atoms with Crippen LogP contribution in [0, 0.1) is 0 Å². The van der Waals surface area contributed by atoms with Crippen LogP contribution in [0.5, 0.6) is 11.5 Å². The van der Waals surface area contributed by atoms with Gasteiger partial charge in [-0.15, -0.1) is 0 Å². The van der Waals surface area contributed by atoms with Crippen LogP contribution in [0.4, 0.5) is 0 Å². The predicted molar refractivity (Wildman–Crippen MR) is 100 cm³/mol. The number of fused-ring (bicyclic) bond motifs is 1. The van der Waals surface area contributed by atoms with Gasteiger partial charge in [0.2, 0.25) is 6.79 Å². The smallest absolute Gasteiger partial charge is 0.253 e. The fraction of sp³-hybridized carbons (Fsp3) is 0.300. The van der Waals surface area contributed by atoms with E-state index in [4.69, 9.17) is 21.1 Å². The molecule has 0 aromatic heterocycles. The highest BCUT2D eigenvalue weighted by Gasteiger charge is 2.26. The second kappa shape index (κ2) is 7.48. The van der Waals surface area contributed by atoms with Gasteiger partial charge in [0.15, 0.2) is 11.5 Å². The second-order valence-electron chi connectivity index (χ2n) is 6.62. The SMILES string of the molecule is O=C(NC1CCN(C(=O)c2ccc3c(c2)OCO3)CC1)c1cccc(Cl)c1. The molecule has 0 saturated carbocycles. The van der Waals surface area contributed by atoms with Crippen LogP contribution in [0.25, 0.3) is 0 Å². The molecule has 4 rings (SSSR count). The van der Waals surface area contributed by atoms with Gasteiger partial charge in [0.1, 0.15) is 0 Å². The van der Waals surface area contributed by atoms with Crippen molar-refractivity contribution < 1.29 is 19.1 Å². The topological polar surface area (TPSA) is 67.9 Å². The molecule has 0 unspecified atom stereocenters. The lowest BCUT2D eigenvalue weighted by Gasteiger charge is -2.32. The first kappa shape index (κ1) is 17.7. The van der Waals surface area contributed by atoms with E-state index in [0.29, 0.717) is 53.6 Å². The third-order valence-corrected chi connectivity index (χ3v) is 5.06. The number of halogens is 1. The molecular weight excluding hydrogens is 368 g/mol. The number of nitrogens with one attached hydrogen (secondary N) is 1. The van der Waals surface area contributed by atoms with Gasteiger partial charge in [0.05, 0.1) is 0 Å². The van der Waals surface area contributed by atoms with Crippen molar-refractivity contribution in [3.63, 3.8) is 0 Å². The highest BCUT2D eigenvalue weighted by molar-refractivity contribution is 6.30. The number of carbonyl (C=O) groups excluding carboxylic acids is 2. The van der Waals surface area contributed by atoms with Gasteiger partial charge in [-0.3, -0.25) is 9.59 Å². The first-order chi connectivity index (χ1) is 13.1. The number of benzene rings is 2. The lowest BCUT2D eigenvalue weighted by molar-refractivity contribution is 0.0697. The Bertz CT molecular complexity index is 878. The van der Waals surface area contributed by atoms with Crippen molar-refractivity contribution in [2.75, 3.05) is 19.9 Å². The number of hydrogen-bond donors (Lipinski definition) is 1. The monoisotopic (exact) mass is 386 g/mol. The molecule has 2 aliphatic heterocycles. The normalized spacial score (nSPS) is 16.3. The highest BCUT2D eigenvalue weighted by atomic mass is 35.5. The predicted octanol–water partition coefficient (Wildman–Crippen LogP) is 3.10. The minimum atomic E-state index is -0.141. The molecular formula is C20H19ClN2O4. The number of likely N-dealkylation sites (tertiary alicyclic amines) is 1. The van der Waals surface area contributed by atoms with Crippen LogP contribution < -0.4 is 14.8 Å². The van der Waals surface area contributed by atoms with Gasteiger partial charge in [0, 0.05) is 35.3 Å². The Labute approximate surface area is 162 Å². The average molecular weight is 387 g/mol. The van der Waals surface area contributed by atoms with E-state index in [1.165, 1.54) is 0 Å². The van der Waals surface area contributed by atoms with Crippen molar-refractivity contribution in [1.82, 2.24) is 10.2 Å². The van der Waals surface area contributed by atoms with Gasteiger partial charge in [-0.05, 0) is 49.2 Å². The molecule has 1 N–H and O–H groups in total. The summed E-state index contributed by atoms with van der Waals surface area (Å²) in [5.74, 6) is 1.09. The Morgan fingerprint density at radius 2 is 1.78 bits per heavy atom. The van der Waals surface area contributed by atoms with E-state index in [9.17, 15) is 9.59 Å². The van der Waals surface area contributed by atoms with E-state index < -0.39 is 0 Å². The number of amides is 2. The Balaban J connectivity index is 1.33. The molecule has 27 heavy (non-hydrogen) atoms. The molecule has 0 bridgehead atoms. The van der Waals surface area contributed by atoms with Crippen LogP contribution >= 0.6 is 11.6 Å². The van der Waals surface area contributed by atoms with Crippen molar-refractivity contribution in [1.29, 1.82) is 0 Å². The summed E-state index contributed by atoms with van der Waals surface area (Å²) < 4.78 is 10.6. The first-order valence-electron chi connectivity index (χ1n) is 8.85. The molecule has 2 aromatic rings. The molecule has 0 spiro atoms. The Hall–Kier alpha value is -2.73. The summed E-state index contributed by atoms with van der Waals surface area (Å²) in [6.45, 7) is 1.37. The Morgan fingerprint density at radius 3 is 2.56 bits per heavy atom. The van der Waals surface area contributed by atoms with Gasteiger partial charge in [-0.1, -0.05) is 17.7 Å². The Kier molecular flexibility index (Phi) is 4.90. The zero-order valence-corrected chi connectivity index (χ0v) is 15.4. The zero-order valence-electron chi connectivity index (χ0n) is 14.6. The van der Waals surface area contributed by atoms with E-state index >= 15 is 0 Å². The van der Waals surface area contributed by atoms with Gasteiger partial charge in [-0.25, -0.2) is 0 Å². The largest absolute Gasteiger partial charge is 0.454 e. The maximum absolute atomic E-state index is 12.7. The Morgan fingerprint density at radius 1 is 1.00 bits per heavy atom. The van der Waals surface area contributed by atoms with Gasteiger partial charge in [0.25, 0.3) is 11.8 Å². The first-order valence-corrected chi connectivity index (χ1v) is 9.23.